The van der Waals surface area contributed by atoms with Gasteiger partial charge in [0.25, 0.3) is 0 Å². The molecule has 6 nitrogen and oxygen atoms in total. The molecule has 0 heterocycles. The van der Waals surface area contributed by atoms with Gasteiger partial charge < -0.3 is 20.5 Å². The highest BCUT2D eigenvalue weighted by molar-refractivity contribution is 5.76. The average molecular weight is 421 g/mol. The van der Waals surface area contributed by atoms with Crippen LogP contribution in [0.5, 0.6) is 5.75 Å². The van der Waals surface area contributed by atoms with E-state index in [0.29, 0.717) is 24.8 Å². The van der Waals surface area contributed by atoms with Gasteiger partial charge in [-0.1, -0.05) is 71.4 Å². The number of nitrogens with one attached hydrogen (secondary N) is 1. The molecule has 6 heteroatoms. The van der Waals surface area contributed by atoms with Gasteiger partial charge in [0.1, 0.15) is 18.5 Å². The Balaban J connectivity index is 2.40. The Labute approximate surface area is 181 Å². The van der Waals surface area contributed by atoms with Crippen LogP contribution in [0.15, 0.2) is 24.3 Å². The molecule has 1 rings (SSSR count). The fourth-order valence-electron chi connectivity index (χ4n) is 3.07. The van der Waals surface area contributed by atoms with Crippen molar-refractivity contribution in [3.05, 3.63) is 29.8 Å². The number of carbonyl (C=O) groups is 2. The quantitative estimate of drug-likeness (QED) is 0.292. The minimum atomic E-state index is -0.364. The summed E-state index contributed by atoms with van der Waals surface area (Å²) in [7, 11) is 0. The van der Waals surface area contributed by atoms with E-state index in [9.17, 15) is 9.59 Å². The normalized spacial score (nSPS) is 12.0. The molecule has 0 saturated heterocycles. The number of esters is 1. The second-order valence-corrected chi connectivity index (χ2v) is 8.14. The van der Waals surface area contributed by atoms with Gasteiger partial charge in [-0.05, 0) is 24.1 Å². The summed E-state index contributed by atoms with van der Waals surface area (Å²) in [6.07, 6.45) is 8.50. The van der Waals surface area contributed by atoms with Crippen LogP contribution >= 0.6 is 0 Å². The van der Waals surface area contributed by atoms with Gasteiger partial charge in [-0.25, -0.2) is 0 Å². The minimum Gasteiger partial charge on any atom is -0.490 e. The number of hydrogen-bond acceptors (Lipinski definition) is 5. The predicted octanol–water partition coefficient (Wildman–Crippen LogP) is 4.14. The lowest BCUT2D eigenvalue weighted by molar-refractivity contribution is -0.150. The number of hydrogen-bond donors (Lipinski definition) is 2. The summed E-state index contributed by atoms with van der Waals surface area (Å²) in [6.45, 7) is 7.13. The van der Waals surface area contributed by atoms with Crippen LogP contribution < -0.4 is 15.8 Å². The first-order chi connectivity index (χ1) is 14.4. The van der Waals surface area contributed by atoms with Gasteiger partial charge in [0, 0.05) is 19.0 Å². The topological polar surface area (TPSA) is 90.7 Å². The van der Waals surface area contributed by atoms with E-state index in [1.165, 1.54) is 32.1 Å². The average Bonchev–Trinajstić information content (AvgIpc) is 2.70. The van der Waals surface area contributed by atoms with E-state index >= 15 is 0 Å². The molecule has 0 aliphatic rings. The number of ether oxygens (including phenoxy) is 2. The first-order valence-electron chi connectivity index (χ1n) is 11.3. The molecule has 0 radical (unpaired) electrons. The van der Waals surface area contributed by atoms with Crippen molar-refractivity contribution in [1.82, 2.24) is 5.32 Å². The fraction of sp³-hybridized carbons (Fsp3) is 0.667. The minimum absolute atomic E-state index is 0.167. The summed E-state index contributed by atoms with van der Waals surface area (Å²) in [4.78, 5) is 23.2. The molecule has 170 valence electrons. The number of nitrogens with two attached hydrogens (primary N) is 1. The van der Waals surface area contributed by atoms with Crippen molar-refractivity contribution in [3.8, 4) is 5.75 Å². The number of rotatable bonds is 17. The van der Waals surface area contributed by atoms with Gasteiger partial charge in [0.2, 0.25) is 5.91 Å². The van der Waals surface area contributed by atoms with Crippen LogP contribution in [0, 0.1) is 0 Å². The maximum atomic E-state index is 12.2. The number of carbonyl (C=O) groups excluding carboxylic acids is 2. The van der Waals surface area contributed by atoms with E-state index in [-0.39, 0.29) is 31.0 Å². The Morgan fingerprint density at radius 2 is 1.63 bits per heavy atom. The second kappa shape index (κ2) is 15.7. The fourth-order valence-corrected chi connectivity index (χ4v) is 3.07. The van der Waals surface area contributed by atoms with Crippen molar-refractivity contribution in [2.24, 2.45) is 5.73 Å². The lowest BCUT2D eigenvalue weighted by Gasteiger charge is -2.20. The molecule has 0 aliphatic carbocycles. The third-order valence-corrected chi connectivity index (χ3v) is 4.77. The van der Waals surface area contributed by atoms with Crippen molar-refractivity contribution in [3.63, 3.8) is 0 Å². The molecule has 1 unspecified atom stereocenters. The smallest absolute Gasteiger partial charge is 0.306 e. The van der Waals surface area contributed by atoms with E-state index in [4.69, 9.17) is 15.2 Å². The number of unbranched alkanes of at least 4 members (excludes halogenated alkanes) is 6. The second-order valence-electron chi connectivity index (χ2n) is 8.14. The van der Waals surface area contributed by atoms with Gasteiger partial charge in [0.05, 0.1) is 6.42 Å². The third kappa shape index (κ3) is 13.2. The molecular formula is C24H40N2O4. The Morgan fingerprint density at radius 3 is 2.23 bits per heavy atom. The zero-order valence-corrected chi connectivity index (χ0v) is 19.0. The first kappa shape index (κ1) is 26.0. The van der Waals surface area contributed by atoms with Crippen LogP contribution in [-0.2, 0) is 20.7 Å². The van der Waals surface area contributed by atoms with Crippen molar-refractivity contribution in [2.45, 2.75) is 90.7 Å². The molecule has 0 fully saturated rings. The van der Waals surface area contributed by atoms with Crippen LogP contribution in [0.4, 0.5) is 0 Å². The van der Waals surface area contributed by atoms with E-state index in [1.54, 1.807) is 12.1 Å². The van der Waals surface area contributed by atoms with Crippen molar-refractivity contribution in [1.29, 1.82) is 0 Å². The molecule has 0 bridgehead atoms. The zero-order chi connectivity index (χ0) is 22.2. The van der Waals surface area contributed by atoms with Crippen LogP contribution in [0.2, 0.25) is 0 Å². The Morgan fingerprint density at radius 1 is 1.00 bits per heavy atom. The molecule has 3 N–H and O–H groups in total. The van der Waals surface area contributed by atoms with Crippen LogP contribution in [0.25, 0.3) is 0 Å². The molecule has 0 aliphatic heterocycles. The van der Waals surface area contributed by atoms with Crippen molar-refractivity contribution < 1.29 is 19.1 Å². The van der Waals surface area contributed by atoms with Gasteiger partial charge in [-0.3, -0.25) is 9.59 Å². The zero-order valence-electron chi connectivity index (χ0n) is 19.0. The molecule has 1 aromatic rings. The highest BCUT2D eigenvalue weighted by Crippen LogP contribution is 2.14. The van der Waals surface area contributed by atoms with Gasteiger partial charge in [0.15, 0.2) is 0 Å². The maximum Gasteiger partial charge on any atom is 0.306 e. The first-order valence-corrected chi connectivity index (χ1v) is 11.3. The third-order valence-electron chi connectivity index (χ3n) is 4.77. The van der Waals surface area contributed by atoms with E-state index in [1.807, 2.05) is 12.1 Å². The molecule has 1 atom stereocenters. The van der Waals surface area contributed by atoms with Crippen molar-refractivity contribution in [2.75, 3.05) is 13.2 Å². The van der Waals surface area contributed by atoms with Gasteiger partial charge in [-0.15, -0.1) is 0 Å². The summed E-state index contributed by atoms with van der Waals surface area (Å²) in [5, 5.41) is 3.31. The van der Waals surface area contributed by atoms with Gasteiger partial charge >= 0.3 is 5.97 Å². The lowest BCUT2D eigenvalue weighted by atomic mass is 10.1. The Bertz CT molecular complexity index is 602. The Hall–Kier alpha value is -2.08. The SMILES string of the molecule is CCCCCCCCCC(=O)OC(CNC(C)C)COc1ccc(CC(N)=O)cc1. The highest BCUT2D eigenvalue weighted by atomic mass is 16.6. The number of primary amides is 1. The molecular weight excluding hydrogens is 380 g/mol. The largest absolute Gasteiger partial charge is 0.490 e. The lowest BCUT2D eigenvalue weighted by Crippen LogP contribution is -2.38. The molecule has 30 heavy (non-hydrogen) atoms. The van der Waals surface area contributed by atoms with Gasteiger partial charge in [-0.2, -0.15) is 0 Å². The summed E-state index contributed by atoms with van der Waals surface area (Å²) < 4.78 is 11.5. The molecule has 1 amide bonds. The number of benzene rings is 1. The van der Waals surface area contributed by atoms with E-state index in [2.05, 4.69) is 26.1 Å². The summed E-state index contributed by atoms with van der Waals surface area (Å²) in [6, 6.07) is 7.52. The summed E-state index contributed by atoms with van der Waals surface area (Å²) in [5.41, 5.74) is 6.05. The van der Waals surface area contributed by atoms with Crippen LogP contribution in [0.3, 0.4) is 0 Å². The maximum absolute atomic E-state index is 12.2. The molecule has 0 aromatic heterocycles. The Kier molecular flexibility index (Phi) is 13.6. The highest BCUT2D eigenvalue weighted by Gasteiger charge is 2.16. The van der Waals surface area contributed by atoms with E-state index < -0.39 is 0 Å². The van der Waals surface area contributed by atoms with Crippen LogP contribution in [-0.4, -0.2) is 37.2 Å². The summed E-state index contributed by atoms with van der Waals surface area (Å²) in [5.74, 6) is 0.136. The molecule has 0 saturated carbocycles. The van der Waals surface area contributed by atoms with Crippen LogP contribution in [0.1, 0.15) is 77.7 Å². The summed E-state index contributed by atoms with van der Waals surface area (Å²) >= 11 is 0. The van der Waals surface area contributed by atoms with Crippen molar-refractivity contribution >= 4 is 11.9 Å². The van der Waals surface area contributed by atoms with E-state index in [0.717, 1.165) is 18.4 Å². The predicted molar refractivity (Wildman–Crippen MR) is 120 cm³/mol. The molecule has 0 spiro atoms. The number of amides is 1. The standard InChI is InChI=1S/C24H40N2O4/c1-4-5-6-7-8-9-10-11-24(28)30-22(17-26-19(2)3)18-29-21-14-12-20(13-15-21)16-23(25)27/h12-15,19,22,26H,4-11,16-18H2,1-3H3,(H2,25,27). The monoisotopic (exact) mass is 420 g/mol. The molecule has 1 aromatic carbocycles.